The Morgan fingerprint density at radius 2 is 1.72 bits per heavy atom. The minimum Gasteiger partial charge on any atom is -0.396 e. The summed E-state index contributed by atoms with van der Waals surface area (Å²) in [5.74, 6) is 1.48. The van der Waals surface area contributed by atoms with Gasteiger partial charge in [-0.3, -0.25) is 0 Å². The maximum atomic E-state index is 5.49. The van der Waals surface area contributed by atoms with E-state index >= 15 is 0 Å². The summed E-state index contributed by atoms with van der Waals surface area (Å²) in [7, 11) is 0. The molecule has 0 spiro atoms. The van der Waals surface area contributed by atoms with E-state index in [9.17, 15) is 0 Å². The molecule has 29 heavy (non-hydrogen) atoms. The second-order valence-corrected chi connectivity index (χ2v) is 8.84. The summed E-state index contributed by atoms with van der Waals surface area (Å²) < 4.78 is 0. The van der Waals surface area contributed by atoms with Crippen molar-refractivity contribution < 1.29 is 14.5 Å². The van der Waals surface area contributed by atoms with Crippen LogP contribution in [-0.2, 0) is 14.5 Å². The molecule has 0 radical (unpaired) electrons. The van der Waals surface area contributed by atoms with E-state index in [-0.39, 0.29) is 5.92 Å². The standard InChI is InChI=1S/C22H39N3O3S/c1-7-12-19(23-28-13-8-2)22-20(24-26-9-3)15-18(14-17(6)29-11-5)16-21(22)25-27-10-4/h8,17-18,22H,2,7,9-16H2,1,3-6H3/b23-19+,24-20-,25-21+. The average Bonchev–Trinajstić information content (AvgIpc) is 2.70. The summed E-state index contributed by atoms with van der Waals surface area (Å²) in [5, 5.41) is 14.0. The highest BCUT2D eigenvalue weighted by Gasteiger charge is 2.37. The lowest BCUT2D eigenvalue weighted by Gasteiger charge is -2.32. The van der Waals surface area contributed by atoms with Gasteiger partial charge in [0.25, 0.3) is 0 Å². The Morgan fingerprint density at radius 3 is 2.21 bits per heavy atom. The molecule has 1 aliphatic carbocycles. The van der Waals surface area contributed by atoms with E-state index in [1.165, 1.54) is 0 Å². The first kappa shape index (κ1) is 25.5. The first-order chi connectivity index (χ1) is 14.1. The van der Waals surface area contributed by atoms with Gasteiger partial charge in [-0.05, 0) is 51.2 Å². The highest BCUT2D eigenvalue weighted by atomic mass is 32.2. The molecule has 0 bridgehead atoms. The molecule has 166 valence electrons. The Morgan fingerprint density at radius 1 is 1.10 bits per heavy atom. The molecule has 0 heterocycles. The zero-order chi connectivity index (χ0) is 21.5. The minimum absolute atomic E-state index is 0.122. The van der Waals surface area contributed by atoms with Crippen molar-refractivity contribution in [3.8, 4) is 0 Å². The van der Waals surface area contributed by atoms with Gasteiger partial charge in [0, 0.05) is 5.25 Å². The third-order valence-electron chi connectivity index (χ3n) is 4.61. The fraction of sp³-hybridized carbons (Fsp3) is 0.773. The summed E-state index contributed by atoms with van der Waals surface area (Å²) >= 11 is 2.00. The molecule has 7 heteroatoms. The first-order valence-electron chi connectivity index (χ1n) is 10.9. The molecule has 3 atom stereocenters. The highest BCUT2D eigenvalue weighted by Crippen LogP contribution is 2.33. The number of hydrogen-bond acceptors (Lipinski definition) is 7. The van der Waals surface area contributed by atoms with Gasteiger partial charge < -0.3 is 14.5 Å². The maximum Gasteiger partial charge on any atom is 0.135 e. The monoisotopic (exact) mass is 425 g/mol. The lowest BCUT2D eigenvalue weighted by atomic mass is 9.74. The summed E-state index contributed by atoms with van der Waals surface area (Å²) in [5.41, 5.74) is 2.88. The molecule has 0 aromatic heterocycles. The summed E-state index contributed by atoms with van der Waals surface area (Å²) in [6.07, 6.45) is 6.36. The molecule has 0 aliphatic heterocycles. The van der Waals surface area contributed by atoms with E-state index in [4.69, 9.17) is 14.5 Å². The Kier molecular flexibility index (Phi) is 13.5. The van der Waals surface area contributed by atoms with E-state index in [1.54, 1.807) is 6.08 Å². The van der Waals surface area contributed by atoms with Gasteiger partial charge >= 0.3 is 0 Å². The van der Waals surface area contributed by atoms with Crippen molar-refractivity contribution in [1.29, 1.82) is 0 Å². The van der Waals surface area contributed by atoms with E-state index in [2.05, 4.69) is 42.8 Å². The van der Waals surface area contributed by atoms with Gasteiger partial charge in [-0.1, -0.05) is 55.3 Å². The van der Waals surface area contributed by atoms with Crippen LogP contribution in [-0.4, -0.2) is 48.0 Å². The van der Waals surface area contributed by atoms with Crippen LogP contribution >= 0.6 is 11.8 Å². The SMILES string of the molecule is C=CCO/N=C(\CCC)C1/C(=N\OCC)CC(CC(C)SCC)C/C1=N\OCC. The Balaban J connectivity index is 3.23. The maximum absolute atomic E-state index is 5.49. The van der Waals surface area contributed by atoms with E-state index < -0.39 is 0 Å². The third-order valence-corrected chi connectivity index (χ3v) is 5.71. The number of oxime groups is 3. The molecule has 1 saturated carbocycles. The van der Waals surface area contributed by atoms with Crippen molar-refractivity contribution in [3.63, 3.8) is 0 Å². The Labute approximate surface area is 181 Å². The van der Waals surface area contributed by atoms with Crippen LogP contribution in [0.1, 0.15) is 66.7 Å². The summed E-state index contributed by atoms with van der Waals surface area (Å²) in [6.45, 7) is 15.7. The molecule has 3 unspecified atom stereocenters. The van der Waals surface area contributed by atoms with Crippen LogP contribution in [0.3, 0.4) is 0 Å². The van der Waals surface area contributed by atoms with Gasteiger partial charge in [-0.15, -0.1) is 0 Å². The zero-order valence-electron chi connectivity index (χ0n) is 18.9. The number of thioether (sulfide) groups is 1. The lowest BCUT2D eigenvalue weighted by molar-refractivity contribution is 0.152. The van der Waals surface area contributed by atoms with Crippen LogP contribution in [0, 0.1) is 11.8 Å². The summed E-state index contributed by atoms with van der Waals surface area (Å²) in [4.78, 5) is 16.4. The fourth-order valence-electron chi connectivity index (χ4n) is 3.61. The summed E-state index contributed by atoms with van der Waals surface area (Å²) in [6, 6.07) is 0. The predicted octanol–water partition coefficient (Wildman–Crippen LogP) is 5.69. The average molecular weight is 426 g/mol. The van der Waals surface area contributed by atoms with Crippen LogP contribution in [0.2, 0.25) is 0 Å². The molecular weight excluding hydrogens is 386 g/mol. The van der Waals surface area contributed by atoms with Crippen LogP contribution in [0.25, 0.3) is 0 Å². The van der Waals surface area contributed by atoms with Crippen molar-refractivity contribution in [2.75, 3.05) is 25.6 Å². The van der Waals surface area contributed by atoms with Gasteiger partial charge in [0.2, 0.25) is 0 Å². The topological polar surface area (TPSA) is 64.8 Å². The molecule has 0 aromatic carbocycles. The van der Waals surface area contributed by atoms with Gasteiger partial charge in [-0.2, -0.15) is 11.8 Å². The third kappa shape index (κ3) is 9.24. The molecule has 1 aliphatic rings. The Bertz CT molecular complexity index is 538. The largest absolute Gasteiger partial charge is 0.396 e. The van der Waals surface area contributed by atoms with Crippen LogP contribution < -0.4 is 0 Å². The van der Waals surface area contributed by atoms with E-state index in [1.807, 2.05) is 25.6 Å². The van der Waals surface area contributed by atoms with Gasteiger partial charge in [0.1, 0.15) is 19.8 Å². The van der Waals surface area contributed by atoms with Crippen LogP contribution in [0.5, 0.6) is 0 Å². The van der Waals surface area contributed by atoms with Crippen LogP contribution in [0.4, 0.5) is 0 Å². The predicted molar refractivity (Wildman–Crippen MR) is 125 cm³/mol. The second kappa shape index (κ2) is 15.4. The van der Waals surface area contributed by atoms with Crippen molar-refractivity contribution in [2.24, 2.45) is 27.3 Å². The molecule has 6 nitrogen and oxygen atoms in total. The highest BCUT2D eigenvalue weighted by molar-refractivity contribution is 7.99. The van der Waals surface area contributed by atoms with Crippen molar-refractivity contribution in [3.05, 3.63) is 12.7 Å². The van der Waals surface area contributed by atoms with E-state index in [0.717, 1.165) is 55.0 Å². The van der Waals surface area contributed by atoms with E-state index in [0.29, 0.717) is 31.0 Å². The van der Waals surface area contributed by atoms with Crippen LogP contribution in [0.15, 0.2) is 28.1 Å². The first-order valence-corrected chi connectivity index (χ1v) is 11.9. The van der Waals surface area contributed by atoms with Gasteiger partial charge in [0.15, 0.2) is 0 Å². The Hall–Kier alpha value is -1.50. The molecule has 0 N–H and O–H groups in total. The molecule has 0 amide bonds. The molecular formula is C22H39N3O3S. The normalized spacial score (nSPS) is 23.8. The van der Waals surface area contributed by atoms with Gasteiger partial charge in [-0.25, -0.2) is 0 Å². The number of rotatable bonds is 14. The smallest absolute Gasteiger partial charge is 0.135 e. The van der Waals surface area contributed by atoms with Crippen molar-refractivity contribution >= 4 is 28.9 Å². The molecule has 0 saturated heterocycles. The zero-order valence-corrected chi connectivity index (χ0v) is 19.7. The number of nitrogens with zero attached hydrogens (tertiary/aromatic N) is 3. The van der Waals surface area contributed by atoms with Crippen molar-refractivity contribution in [1.82, 2.24) is 0 Å². The molecule has 0 aromatic rings. The quantitative estimate of drug-likeness (QED) is 0.155. The minimum atomic E-state index is -0.122. The van der Waals surface area contributed by atoms with Crippen molar-refractivity contribution in [2.45, 2.75) is 72.0 Å². The fourth-order valence-corrected chi connectivity index (χ4v) is 4.59. The lowest BCUT2D eigenvalue weighted by Crippen LogP contribution is -2.40. The molecule has 1 rings (SSSR count). The second-order valence-electron chi connectivity index (χ2n) is 7.13. The molecule has 1 fully saturated rings. The van der Waals surface area contributed by atoms with Gasteiger partial charge in [0.05, 0.1) is 23.1 Å². The number of hydrogen-bond donors (Lipinski definition) is 0.